The van der Waals surface area contributed by atoms with Gasteiger partial charge in [-0.3, -0.25) is 4.90 Å². The zero-order valence-corrected chi connectivity index (χ0v) is 11.4. The molecular formula is C15H28N2. The molecule has 17 heavy (non-hydrogen) atoms. The van der Waals surface area contributed by atoms with Gasteiger partial charge in [-0.25, -0.2) is 0 Å². The second-order valence-electron chi connectivity index (χ2n) is 6.64. The summed E-state index contributed by atoms with van der Waals surface area (Å²) in [5.74, 6) is 0.910. The third-order valence-electron chi connectivity index (χ3n) is 5.82. The highest BCUT2D eigenvalue weighted by Crippen LogP contribution is 2.46. The number of likely N-dealkylation sites (tertiary alicyclic amines) is 1. The van der Waals surface area contributed by atoms with E-state index in [1.807, 2.05) is 0 Å². The molecule has 0 radical (unpaired) electrons. The monoisotopic (exact) mass is 236 g/mol. The summed E-state index contributed by atoms with van der Waals surface area (Å²) in [6, 6.07) is 0.846. The third-order valence-corrected chi connectivity index (χ3v) is 5.82. The lowest BCUT2D eigenvalue weighted by Gasteiger charge is -2.43. The lowest BCUT2D eigenvalue weighted by atomic mass is 9.76. The molecule has 0 aromatic heterocycles. The Bertz CT molecular complexity index is 248. The van der Waals surface area contributed by atoms with E-state index in [9.17, 15) is 0 Å². The lowest BCUT2D eigenvalue weighted by Crippen LogP contribution is -2.47. The number of rotatable bonds is 2. The van der Waals surface area contributed by atoms with Gasteiger partial charge in [0.25, 0.3) is 0 Å². The number of nitrogens with zero attached hydrogens (tertiary/aromatic N) is 1. The molecule has 2 saturated heterocycles. The second-order valence-corrected chi connectivity index (χ2v) is 6.64. The molecular weight excluding hydrogens is 208 g/mol. The van der Waals surface area contributed by atoms with Crippen LogP contribution in [0.25, 0.3) is 0 Å². The number of hydrogen-bond donors (Lipinski definition) is 1. The number of piperidine rings is 1. The van der Waals surface area contributed by atoms with Crippen molar-refractivity contribution in [3.05, 3.63) is 0 Å². The van der Waals surface area contributed by atoms with Crippen molar-refractivity contribution in [2.75, 3.05) is 26.2 Å². The van der Waals surface area contributed by atoms with E-state index in [4.69, 9.17) is 0 Å². The maximum absolute atomic E-state index is 3.59. The average Bonchev–Trinajstić information content (AvgIpc) is 3.00. The van der Waals surface area contributed by atoms with E-state index < -0.39 is 0 Å². The van der Waals surface area contributed by atoms with Crippen molar-refractivity contribution in [2.24, 2.45) is 11.3 Å². The van der Waals surface area contributed by atoms with Gasteiger partial charge in [0.05, 0.1) is 0 Å². The van der Waals surface area contributed by atoms with Crippen molar-refractivity contribution in [2.45, 2.75) is 57.9 Å². The van der Waals surface area contributed by atoms with Crippen molar-refractivity contribution in [1.29, 1.82) is 0 Å². The maximum Gasteiger partial charge on any atom is 0.0260 e. The Hall–Kier alpha value is -0.0800. The molecule has 0 bridgehead atoms. The molecule has 2 unspecified atom stereocenters. The van der Waals surface area contributed by atoms with Crippen LogP contribution in [-0.2, 0) is 0 Å². The molecule has 1 saturated carbocycles. The van der Waals surface area contributed by atoms with E-state index in [2.05, 4.69) is 17.1 Å². The van der Waals surface area contributed by atoms with Gasteiger partial charge in [0.1, 0.15) is 0 Å². The minimum absolute atomic E-state index is 0.782. The molecule has 2 heterocycles. The Balaban J connectivity index is 1.57. The molecule has 0 aromatic carbocycles. The first-order valence-corrected chi connectivity index (χ1v) is 7.78. The maximum atomic E-state index is 3.59. The topological polar surface area (TPSA) is 15.3 Å². The van der Waals surface area contributed by atoms with Crippen LogP contribution < -0.4 is 5.32 Å². The van der Waals surface area contributed by atoms with E-state index in [1.165, 1.54) is 71.1 Å². The predicted octanol–water partition coefficient (Wildman–Crippen LogP) is 2.64. The van der Waals surface area contributed by atoms with Crippen LogP contribution in [-0.4, -0.2) is 37.1 Å². The molecule has 2 heteroatoms. The van der Waals surface area contributed by atoms with Crippen LogP contribution in [0.4, 0.5) is 0 Å². The number of nitrogens with one attached hydrogen (secondary N) is 1. The summed E-state index contributed by atoms with van der Waals surface area (Å²) in [7, 11) is 0. The molecule has 3 fully saturated rings. The van der Waals surface area contributed by atoms with Crippen molar-refractivity contribution in [3.8, 4) is 0 Å². The first-order chi connectivity index (χ1) is 8.33. The Labute approximate surface area is 106 Å². The van der Waals surface area contributed by atoms with Crippen molar-refractivity contribution < 1.29 is 0 Å². The molecule has 0 amide bonds. The summed E-state index contributed by atoms with van der Waals surface area (Å²) in [6.07, 6.45) is 10.4. The zero-order valence-electron chi connectivity index (χ0n) is 11.4. The molecule has 0 aromatic rings. The lowest BCUT2D eigenvalue weighted by molar-refractivity contribution is 0.0665. The fourth-order valence-corrected chi connectivity index (χ4v) is 4.52. The van der Waals surface area contributed by atoms with Gasteiger partial charge in [-0.05, 0) is 56.7 Å². The number of hydrogen-bond acceptors (Lipinski definition) is 2. The SMILES string of the molecule is CCC1CNCC1N1CCC2(CCCC2)CC1. The molecule has 1 aliphatic carbocycles. The van der Waals surface area contributed by atoms with Crippen LogP contribution in [0.5, 0.6) is 0 Å². The van der Waals surface area contributed by atoms with E-state index in [1.54, 1.807) is 0 Å². The van der Waals surface area contributed by atoms with E-state index in [0.717, 1.165) is 17.4 Å². The molecule has 3 aliphatic rings. The van der Waals surface area contributed by atoms with Gasteiger partial charge in [-0.2, -0.15) is 0 Å². The third kappa shape index (κ3) is 2.26. The van der Waals surface area contributed by atoms with Crippen LogP contribution >= 0.6 is 0 Å². The summed E-state index contributed by atoms with van der Waals surface area (Å²) in [5.41, 5.74) is 0.782. The van der Waals surface area contributed by atoms with E-state index >= 15 is 0 Å². The normalized spacial score (nSPS) is 37.9. The fourth-order valence-electron chi connectivity index (χ4n) is 4.52. The van der Waals surface area contributed by atoms with Gasteiger partial charge < -0.3 is 5.32 Å². The first kappa shape index (κ1) is 12.0. The molecule has 2 nitrogen and oxygen atoms in total. The van der Waals surface area contributed by atoms with Gasteiger partial charge >= 0.3 is 0 Å². The fraction of sp³-hybridized carbons (Fsp3) is 1.00. The molecule has 2 aliphatic heterocycles. The average molecular weight is 236 g/mol. The highest BCUT2D eigenvalue weighted by Gasteiger charge is 2.40. The van der Waals surface area contributed by atoms with Crippen molar-refractivity contribution >= 4 is 0 Å². The standard InChI is InChI=1S/C15H28N2/c1-2-13-11-16-12-14(13)17-9-7-15(8-10-17)5-3-4-6-15/h13-14,16H,2-12H2,1H3. The van der Waals surface area contributed by atoms with E-state index in [0.29, 0.717) is 0 Å². The van der Waals surface area contributed by atoms with Gasteiger partial charge in [0.2, 0.25) is 0 Å². The van der Waals surface area contributed by atoms with Crippen LogP contribution in [0, 0.1) is 11.3 Å². The summed E-state index contributed by atoms with van der Waals surface area (Å²) >= 11 is 0. The van der Waals surface area contributed by atoms with Crippen LogP contribution in [0.1, 0.15) is 51.9 Å². The zero-order chi connectivity index (χ0) is 11.7. The van der Waals surface area contributed by atoms with Gasteiger partial charge in [-0.15, -0.1) is 0 Å². The molecule has 3 rings (SSSR count). The Morgan fingerprint density at radius 2 is 1.76 bits per heavy atom. The quantitative estimate of drug-likeness (QED) is 0.793. The minimum Gasteiger partial charge on any atom is -0.315 e. The summed E-state index contributed by atoms with van der Waals surface area (Å²) in [6.45, 7) is 7.60. The minimum atomic E-state index is 0.782. The smallest absolute Gasteiger partial charge is 0.0260 e. The molecule has 98 valence electrons. The molecule has 1 spiro atoms. The largest absolute Gasteiger partial charge is 0.315 e. The predicted molar refractivity (Wildman–Crippen MR) is 72.1 cm³/mol. The second kappa shape index (κ2) is 4.89. The van der Waals surface area contributed by atoms with Gasteiger partial charge in [0, 0.05) is 12.6 Å². The summed E-state index contributed by atoms with van der Waals surface area (Å²) in [4.78, 5) is 2.80. The van der Waals surface area contributed by atoms with Crippen LogP contribution in [0.15, 0.2) is 0 Å². The van der Waals surface area contributed by atoms with Gasteiger partial charge in [0.15, 0.2) is 0 Å². The Morgan fingerprint density at radius 1 is 1.06 bits per heavy atom. The molecule has 2 atom stereocenters. The van der Waals surface area contributed by atoms with E-state index in [-0.39, 0.29) is 0 Å². The summed E-state index contributed by atoms with van der Waals surface area (Å²) in [5, 5.41) is 3.59. The summed E-state index contributed by atoms with van der Waals surface area (Å²) < 4.78 is 0. The van der Waals surface area contributed by atoms with Crippen LogP contribution in [0.2, 0.25) is 0 Å². The van der Waals surface area contributed by atoms with Crippen molar-refractivity contribution in [1.82, 2.24) is 10.2 Å². The molecule has 1 N–H and O–H groups in total. The highest BCUT2D eigenvalue weighted by molar-refractivity contribution is 4.95. The first-order valence-electron chi connectivity index (χ1n) is 7.78. The Kier molecular flexibility index (Phi) is 3.45. The van der Waals surface area contributed by atoms with Crippen molar-refractivity contribution in [3.63, 3.8) is 0 Å². The highest BCUT2D eigenvalue weighted by atomic mass is 15.2. The Morgan fingerprint density at radius 3 is 2.41 bits per heavy atom. The van der Waals surface area contributed by atoms with Gasteiger partial charge in [-0.1, -0.05) is 26.2 Å². The van der Waals surface area contributed by atoms with Crippen LogP contribution in [0.3, 0.4) is 0 Å².